The molecule has 1 aliphatic rings. The summed E-state index contributed by atoms with van der Waals surface area (Å²) in [5.41, 5.74) is 0. The fourth-order valence-corrected chi connectivity index (χ4v) is 2.15. The van der Waals surface area contributed by atoms with E-state index in [2.05, 4.69) is 25.4 Å². The number of rotatable bonds is 10. The zero-order valence-electron chi connectivity index (χ0n) is 15.7. The second-order valence-electron chi connectivity index (χ2n) is 6.22. The number of guanidine groups is 1. The molecule has 1 heterocycles. The fourth-order valence-electron chi connectivity index (χ4n) is 2.15. The van der Waals surface area contributed by atoms with Crippen LogP contribution in [0.3, 0.4) is 0 Å². The molecule has 9 heteroatoms. The van der Waals surface area contributed by atoms with Gasteiger partial charge in [0.25, 0.3) is 0 Å². The van der Waals surface area contributed by atoms with Gasteiger partial charge in [0.05, 0.1) is 13.2 Å². The van der Waals surface area contributed by atoms with Gasteiger partial charge in [-0.15, -0.1) is 34.2 Å². The smallest absolute Gasteiger partial charge is 0.194 e. The summed E-state index contributed by atoms with van der Waals surface area (Å²) in [4.78, 5) is 6.74. The molecule has 2 rings (SSSR count). The average molecular weight is 466 g/mol. The van der Waals surface area contributed by atoms with E-state index >= 15 is 0 Å². The Labute approximate surface area is 167 Å². The third-order valence-electron chi connectivity index (χ3n) is 4.13. The van der Waals surface area contributed by atoms with E-state index in [1.54, 1.807) is 7.11 Å². The number of aliphatic imine (C=N–C) groups is 1. The molecule has 0 atom stereocenters. The van der Waals surface area contributed by atoms with Gasteiger partial charge in [-0.25, -0.2) is 4.99 Å². The molecule has 1 aromatic heterocycles. The SMILES string of the molecule is COCCNC(=NCc1nnc(C)n1C)N(C)CCOCC1CC1.I. The number of nitrogens with one attached hydrogen (secondary N) is 1. The van der Waals surface area contributed by atoms with Crippen LogP contribution in [0.1, 0.15) is 24.5 Å². The van der Waals surface area contributed by atoms with E-state index in [-0.39, 0.29) is 24.0 Å². The van der Waals surface area contributed by atoms with E-state index in [1.807, 2.05) is 25.6 Å². The lowest BCUT2D eigenvalue weighted by Crippen LogP contribution is -2.42. The molecule has 0 bridgehead atoms. The summed E-state index contributed by atoms with van der Waals surface area (Å²) >= 11 is 0. The highest BCUT2D eigenvalue weighted by Gasteiger charge is 2.21. The standard InChI is InChI=1S/C16H30N6O2.HI/c1-13-19-20-15(22(13)3)11-18-16(17-7-9-23-4)21(2)8-10-24-12-14-5-6-14;/h14H,5-12H2,1-4H3,(H,17,18);1H. The molecule has 0 aliphatic heterocycles. The Balaban J connectivity index is 0.00000312. The first-order chi connectivity index (χ1) is 11.6. The minimum atomic E-state index is 0. The van der Waals surface area contributed by atoms with Crippen LogP contribution in [0.4, 0.5) is 0 Å². The third-order valence-corrected chi connectivity index (χ3v) is 4.13. The molecule has 1 fully saturated rings. The quantitative estimate of drug-likeness (QED) is 0.242. The molecule has 1 aliphatic carbocycles. The van der Waals surface area contributed by atoms with Crippen LogP contribution < -0.4 is 5.32 Å². The van der Waals surface area contributed by atoms with Crippen LogP contribution in [0.2, 0.25) is 0 Å². The monoisotopic (exact) mass is 466 g/mol. The molecule has 8 nitrogen and oxygen atoms in total. The van der Waals surface area contributed by atoms with Crippen molar-refractivity contribution in [2.45, 2.75) is 26.3 Å². The van der Waals surface area contributed by atoms with Crippen LogP contribution in [0.15, 0.2) is 4.99 Å². The van der Waals surface area contributed by atoms with Crippen molar-refractivity contribution in [1.82, 2.24) is 25.0 Å². The highest BCUT2D eigenvalue weighted by atomic mass is 127. The Bertz CT molecular complexity index is 533. The molecule has 0 unspecified atom stereocenters. The maximum atomic E-state index is 5.71. The van der Waals surface area contributed by atoms with Gasteiger partial charge in [0.15, 0.2) is 11.8 Å². The molecular formula is C16H31IN6O2. The Hall–Kier alpha value is -0.940. The predicted molar refractivity (Wildman–Crippen MR) is 108 cm³/mol. The Morgan fingerprint density at radius 3 is 2.72 bits per heavy atom. The summed E-state index contributed by atoms with van der Waals surface area (Å²) in [5.74, 6) is 3.35. The number of hydrogen-bond acceptors (Lipinski definition) is 5. The second-order valence-corrected chi connectivity index (χ2v) is 6.22. The van der Waals surface area contributed by atoms with Gasteiger partial charge in [-0.1, -0.05) is 0 Å². The number of halogens is 1. The number of nitrogens with zero attached hydrogens (tertiary/aromatic N) is 5. The van der Waals surface area contributed by atoms with Gasteiger partial charge in [0.1, 0.15) is 12.4 Å². The molecule has 25 heavy (non-hydrogen) atoms. The zero-order chi connectivity index (χ0) is 17.4. The largest absolute Gasteiger partial charge is 0.383 e. The molecule has 144 valence electrons. The number of aryl methyl sites for hydroxylation is 1. The van der Waals surface area contributed by atoms with Gasteiger partial charge in [0.2, 0.25) is 0 Å². The van der Waals surface area contributed by atoms with Crippen molar-refractivity contribution in [1.29, 1.82) is 0 Å². The van der Waals surface area contributed by atoms with Crippen molar-refractivity contribution in [3.63, 3.8) is 0 Å². The highest BCUT2D eigenvalue weighted by Crippen LogP contribution is 2.28. The summed E-state index contributed by atoms with van der Waals surface area (Å²) in [6, 6.07) is 0. The maximum absolute atomic E-state index is 5.71. The van der Waals surface area contributed by atoms with Crippen LogP contribution in [0, 0.1) is 12.8 Å². The number of hydrogen-bond donors (Lipinski definition) is 1. The van der Waals surface area contributed by atoms with Gasteiger partial charge >= 0.3 is 0 Å². The summed E-state index contributed by atoms with van der Waals surface area (Å²) in [6.07, 6.45) is 2.64. The molecule has 1 N–H and O–H groups in total. The molecular weight excluding hydrogens is 435 g/mol. The van der Waals surface area contributed by atoms with Crippen LogP contribution in [0.25, 0.3) is 0 Å². The van der Waals surface area contributed by atoms with E-state index < -0.39 is 0 Å². The first kappa shape index (κ1) is 22.1. The topological polar surface area (TPSA) is 76.8 Å². The molecule has 1 saturated carbocycles. The van der Waals surface area contributed by atoms with Crippen molar-refractivity contribution in [3.8, 4) is 0 Å². The van der Waals surface area contributed by atoms with Crippen molar-refractivity contribution in [3.05, 3.63) is 11.6 Å². The number of methoxy groups -OCH3 is 1. The highest BCUT2D eigenvalue weighted by molar-refractivity contribution is 14.0. The van der Waals surface area contributed by atoms with Crippen LogP contribution in [-0.4, -0.2) is 72.7 Å². The summed E-state index contributed by atoms with van der Waals surface area (Å²) in [6.45, 7) is 6.15. The lowest BCUT2D eigenvalue weighted by Gasteiger charge is -2.22. The van der Waals surface area contributed by atoms with Crippen LogP contribution in [0.5, 0.6) is 0 Å². The molecule has 0 radical (unpaired) electrons. The van der Waals surface area contributed by atoms with Gasteiger partial charge in [-0.2, -0.15) is 0 Å². The Morgan fingerprint density at radius 1 is 1.36 bits per heavy atom. The Kier molecular flexibility index (Phi) is 10.3. The number of ether oxygens (including phenoxy) is 2. The minimum absolute atomic E-state index is 0. The maximum Gasteiger partial charge on any atom is 0.194 e. The van der Waals surface area contributed by atoms with E-state index in [1.165, 1.54) is 12.8 Å². The van der Waals surface area contributed by atoms with Crippen molar-refractivity contribution >= 4 is 29.9 Å². The lowest BCUT2D eigenvalue weighted by atomic mass is 10.5. The van der Waals surface area contributed by atoms with Crippen LogP contribution in [-0.2, 0) is 23.1 Å². The van der Waals surface area contributed by atoms with Crippen molar-refractivity contribution in [2.24, 2.45) is 18.0 Å². The lowest BCUT2D eigenvalue weighted by molar-refractivity contribution is 0.115. The second kappa shape index (κ2) is 11.6. The first-order valence-corrected chi connectivity index (χ1v) is 8.52. The van der Waals surface area contributed by atoms with Gasteiger partial charge in [-0.05, 0) is 25.7 Å². The fraction of sp³-hybridized carbons (Fsp3) is 0.812. The van der Waals surface area contributed by atoms with Gasteiger partial charge in [-0.3, -0.25) is 0 Å². The van der Waals surface area contributed by atoms with Gasteiger partial charge in [0, 0.05) is 40.9 Å². The molecule has 0 spiro atoms. The van der Waals surface area contributed by atoms with E-state index in [9.17, 15) is 0 Å². The van der Waals surface area contributed by atoms with E-state index in [0.717, 1.165) is 36.7 Å². The molecule has 0 amide bonds. The predicted octanol–water partition coefficient (Wildman–Crippen LogP) is 1.19. The Morgan fingerprint density at radius 2 is 2.12 bits per heavy atom. The van der Waals surface area contributed by atoms with E-state index in [0.29, 0.717) is 26.3 Å². The molecule has 0 aromatic carbocycles. The molecule has 0 saturated heterocycles. The van der Waals surface area contributed by atoms with Crippen molar-refractivity contribution in [2.75, 3.05) is 47.1 Å². The van der Waals surface area contributed by atoms with Gasteiger partial charge < -0.3 is 24.3 Å². The molecule has 1 aromatic rings. The number of likely N-dealkylation sites (N-methyl/N-ethyl adjacent to an activating group) is 1. The average Bonchev–Trinajstić information content (AvgIpc) is 3.35. The summed E-state index contributed by atoms with van der Waals surface area (Å²) in [7, 11) is 5.66. The number of aromatic nitrogens is 3. The van der Waals surface area contributed by atoms with Crippen LogP contribution >= 0.6 is 24.0 Å². The first-order valence-electron chi connectivity index (χ1n) is 8.52. The minimum Gasteiger partial charge on any atom is -0.383 e. The zero-order valence-corrected chi connectivity index (χ0v) is 18.0. The van der Waals surface area contributed by atoms with Crippen molar-refractivity contribution < 1.29 is 9.47 Å². The summed E-state index contributed by atoms with van der Waals surface area (Å²) in [5, 5.41) is 11.5. The summed E-state index contributed by atoms with van der Waals surface area (Å²) < 4.78 is 12.8. The van der Waals surface area contributed by atoms with E-state index in [4.69, 9.17) is 9.47 Å². The normalized spacial score (nSPS) is 14.3. The third kappa shape index (κ3) is 7.87.